The maximum Gasteiger partial charge on any atom is 0.325 e. The van der Waals surface area contributed by atoms with Gasteiger partial charge in [0.2, 0.25) is 5.91 Å². The van der Waals surface area contributed by atoms with Crippen molar-refractivity contribution >= 4 is 23.5 Å². The number of para-hydroxylation sites is 1. The first kappa shape index (κ1) is 17.3. The standard InChI is InChI=1S/C21H21N3O3/c1-2-14-7-4-6-10-17(14)22-18(25)13-24-19(26)21(23-20(24)27)12-11-15-8-3-5-9-16(15)21/h3-10H,2,11-13H2,1H3,(H,22,25)(H,23,27). The summed E-state index contributed by atoms with van der Waals surface area (Å²) >= 11 is 0. The number of hydrogen-bond donors (Lipinski definition) is 2. The zero-order valence-corrected chi connectivity index (χ0v) is 15.1. The van der Waals surface area contributed by atoms with E-state index < -0.39 is 11.6 Å². The summed E-state index contributed by atoms with van der Waals surface area (Å²) in [6.45, 7) is 1.70. The van der Waals surface area contributed by atoms with Crippen molar-refractivity contribution in [3.8, 4) is 0 Å². The third-order valence-electron chi connectivity index (χ3n) is 5.40. The van der Waals surface area contributed by atoms with Crippen LogP contribution in [0, 0.1) is 0 Å². The largest absolute Gasteiger partial charge is 0.325 e. The number of hydrogen-bond acceptors (Lipinski definition) is 3. The lowest BCUT2D eigenvalue weighted by atomic mass is 9.92. The van der Waals surface area contributed by atoms with Crippen LogP contribution >= 0.6 is 0 Å². The van der Waals surface area contributed by atoms with E-state index in [2.05, 4.69) is 10.6 Å². The molecule has 1 spiro atoms. The topological polar surface area (TPSA) is 78.5 Å². The molecule has 1 aliphatic carbocycles. The Hall–Kier alpha value is -3.15. The molecular formula is C21H21N3O3. The van der Waals surface area contributed by atoms with Crippen LogP contribution in [0.1, 0.15) is 30.0 Å². The number of urea groups is 1. The highest BCUT2D eigenvalue weighted by Gasteiger charge is 2.55. The van der Waals surface area contributed by atoms with Crippen molar-refractivity contribution in [1.29, 1.82) is 0 Å². The number of anilines is 1. The lowest BCUT2D eigenvalue weighted by molar-refractivity contribution is -0.134. The maximum atomic E-state index is 13.1. The molecule has 2 aromatic rings. The predicted molar refractivity (Wildman–Crippen MR) is 101 cm³/mol. The van der Waals surface area contributed by atoms with Crippen molar-refractivity contribution in [2.24, 2.45) is 0 Å². The van der Waals surface area contributed by atoms with Crippen molar-refractivity contribution in [3.05, 3.63) is 65.2 Å². The maximum absolute atomic E-state index is 13.1. The molecule has 0 radical (unpaired) electrons. The van der Waals surface area contributed by atoms with E-state index in [-0.39, 0.29) is 18.4 Å². The molecule has 0 saturated carbocycles. The Morgan fingerprint density at radius 2 is 1.89 bits per heavy atom. The molecule has 0 bridgehead atoms. The van der Waals surface area contributed by atoms with E-state index in [1.807, 2.05) is 55.5 Å². The average molecular weight is 363 g/mol. The smallest absolute Gasteiger partial charge is 0.324 e. The number of nitrogens with zero attached hydrogens (tertiary/aromatic N) is 1. The van der Waals surface area contributed by atoms with Crippen molar-refractivity contribution < 1.29 is 14.4 Å². The van der Waals surface area contributed by atoms with Crippen LogP contribution in [0.2, 0.25) is 0 Å². The van der Waals surface area contributed by atoms with Gasteiger partial charge in [-0.3, -0.25) is 14.5 Å². The molecule has 4 rings (SSSR count). The Kier molecular flexibility index (Phi) is 4.18. The summed E-state index contributed by atoms with van der Waals surface area (Å²) in [6.07, 6.45) is 2.03. The molecule has 2 N–H and O–H groups in total. The van der Waals surface area contributed by atoms with Crippen LogP contribution in [0.15, 0.2) is 48.5 Å². The zero-order valence-electron chi connectivity index (χ0n) is 15.1. The minimum absolute atomic E-state index is 0.299. The van der Waals surface area contributed by atoms with E-state index in [1.54, 1.807) is 0 Å². The fourth-order valence-corrected chi connectivity index (χ4v) is 4.02. The Morgan fingerprint density at radius 1 is 1.15 bits per heavy atom. The highest BCUT2D eigenvalue weighted by molar-refractivity contribution is 6.11. The van der Waals surface area contributed by atoms with Gasteiger partial charge in [-0.25, -0.2) is 4.79 Å². The average Bonchev–Trinajstić information content (AvgIpc) is 3.16. The van der Waals surface area contributed by atoms with Crippen LogP contribution in [0.5, 0.6) is 0 Å². The van der Waals surface area contributed by atoms with Gasteiger partial charge in [0.15, 0.2) is 0 Å². The number of imide groups is 1. The number of aryl methyl sites for hydroxylation is 2. The molecule has 6 nitrogen and oxygen atoms in total. The first-order valence-corrected chi connectivity index (χ1v) is 9.15. The van der Waals surface area contributed by atoms with Gasteiger partial charge in [0, 0.05) is 5.69 Å². The van der Waals surface area contributed by atoms with Crippen molar-refractivity contribution in [2.45, 2.75) is 31.7 Å². The van der Waals surface area contributed by atoms with Gasteiger partial charge in [0.05, 0.1) is 0 Å². The molecule has 4 amide bonds. The van der Waals surface area contributed by atoms with Gasteiger partial charge in [-0.15, -0.1) is 0 Å². The summed E-state index contributed by atoms with van der Waals surface area (Å²) < 4.78 is 0. The summed E-state index contributed by atoms with van der Waals surface area (Å²) in [5.41, 5.74) is 2.58. The summed E-state index contributed by atoms with van der Waals surface area (Å²) in [4.78, 5) is 39.1. The fourth-order valence-electron chi connectivity index (χ4n) is 4.02. The Labute approximate surface area is 157 Å². The third-order valence-corrected chi connectivity index (χ3v) is 5.40. The molecular weight excluding hydrogens is 342 g/mol. The van der Waals surface area contributed by atoms with Gasteiger partial charge in [0.1, 0.15) is 12.1 Å². The second-order valence-electron chi connectivity index (χ2n) is 6.94. The van der Waals surface area contributed by atoms with Gasteiger partial charge in [-0.1, -0.05) is 49.4 Å². The molecule has 27 heavy (non-hydrogen) atoms. The number of carbonyl (C=O) groups excluding carboxylic acids is 3. The molecule has 1 heterocycles. The Morgan fingerprint density at radius 3 is 2.70 bits per heavy atom. The Bertz CT molecular complexity index is 940. The number of carbonyl (C=O) groups is 3. The lowest BCUT2D eigenvalue weighted by Gasteiger charge is -2.22. The minimum Gasteiger partial charge on any atom is -0.324 e. The highest BCUT2D eigenvalue weighted by Crippen LogP contribution is 2.41. The van der Waals surface area contributed by atoms with E-state index in [1.165, 1.54) is 0 Å². The van der Waals surface area contributed by atoms with Gasteiger partial charge in [0.25, 0.3) is 5.91 Å². The quantitative estimate of drug-likeness (QED) is 0.820. The van der Waals surface area contributed by atoms with Crippen molar-refractivity contribution in [1.82, 2.24) is 10.2 Å². The summed E-state index contributed by atoms with van der Waals surface area (Å²) in [6, 6.07) is 14.6. The normalized spacial score (nSPS) is 20.7. The number of nitrogens with one attached hydrogen (secondary N) is 2. The zero-order chi connectivity index (χ0) is 19.0. The van der Waals surface area contributed by atoms with Gasteiger partial charge < -0.3 is 10.6 Å². The first-order chi connectivity index (χ1) is 13.0. The molecule has 1 fully saturated rings. The monoisotopic (exact) mass is 363 g/mol. The number of benzene rings is 2. The number of amides is 4. The van der Waals surface area contributed by atoms with Crippen molar-refractivity contribution in [3.63, 3.8) is 0 Å². The van der Waals surface area contributed by atoms with Crippen LogP contribution < -0.4 is 10.6 Å². The molecule has 2 aliphatic rings. The van der Waals surface area contributed by atoms with Crippen LogP contribution in [0.4, 0.5) is 10.5 Å². The van der Waals surface area contributed by atoms with Crippen LogP contribution in [-0.4, -0.2) is 29.3 Å². The molecule has 6 heteroatoms. The fraction of sp³-hybridized carbons (Fsp3) is 0.286. The molecule has 138 valence electrons. The van der Waals surface area contributed by atoms with Crippen molar-refractivity contribution in [2.75, 3.05) is 11.9 Å². The molecule has 0 aromatic heterocycles. The predicted octanol–water partition coefficient (Wildman–Crippen LogP) is 2.58. The van der Waals surface area contributed by atoms with Gasteiger partial charge >= 0.3 is 6.03 Å². The van der Waals surface area contributed by atoms with E-state index in [4.69, 9.17) is 0 Å². The van der Waals surface area contributed by atoms with Crippen LogP contribution in [0.3, 0.4) is 0 Å². The van der Waals surface area contributed by atoms with Gasteiger partial charge in [-0.05, 0) is 42.0 Å². The lowest BCUT2D eigenvalue weighted by Crippen LogP contribution is -2.43. The minimum atomic E-state index is -1.03. The first-order valence-electron chi connectivity index (χ1n) is 9.15. The van der Waals surface area contributed by atoms with Gasteiger partial charge in [-0.2, -0.15) is 0 Å². The van der Waals surface area contributed by atoms with E-state index in [0.29, 0.717) is 12.1 Å². The highest BCUT2D eigenvalue weighted by atomic mass is 16.2. The Balaban J connectivity index is 1.53. The second-order valence-corrected chi connectivity index (χ2v) is 6.94. The molecule has 1 aliphatic heterocycles. The molecule has 1 unspecified atom stereocenters. The van der Waals surface area contributed by atoms with E-state index >= 15 is 0 Å². The van der Waals surface area contributed by atoms with Crippen LogP contribution in [-0.2, 0) is 28.0 Å². The molecule has 1 saturated heterocycles. The third kappa shape index (κ3) is 2.77. The summed E-state index contributed by atoms with van der Waals surface area (Å²) in [7, 11) is 0. The summed E-state index contributed by atoms with van der Waals surface area (Å²) in [5.74, 6) is -0.737. The summed E-state index contributed by atoms with van der Waals surface area (Å²) in [5, 5.41) is 5.65. The van der Waals surface area contributed by atoms with Crippen LogP contribution in [0.25, 0.3) is 0 Å². The number of rotatable bonds is 4. The van der Waals surface area contributed by atoms with E-state index in [9.17, 15) is 14.4 Å². The molecule has 1 atom stereocenters. The SMILES string of the molecule is CCc1ccccc1NC(=O)CN1C(=O)NC2(CCc3ccccc32)C1=O. The second kappa shape index (κ2) is 6.54. The number of fused-ring (bicyclic) bond motifs is 2. The molecule has 2 aromatic carbocycles. The van der Waals surface area contributed by atoms with E-state index in [0.717, 1.165) is 34.4 Å².